The molecule has 2 aliphatic rings. The number of carbonyl (C=O) groups excluding carboxylic acids is 3. The first-order valence-electron chi connectivity index (χ1n) is 11.6. The Bertz CT molecular complexity index is 905. The van der Waals surface area contributed by atoms with Gasteiger partial charge in [0, 0.05) is 6.07 Å². The number of cyclic esters (lactones) is 2. The molecule has 3 amide bonds. The lowest BCUT2D eigenvalue weighted by atomic mass is 10.2. The molecule has 1 unspecified atom stereocenters. The van der Waals surface area contributed by atoms with Crippen molar-refractivity contribution in [1.82, 2.24) is 5.32 Å². The summed E-state index contributed by atoms with van der Waals surface area (Å²) >= 11 is 1.77. The van der Waals surface area contributed by atoms with Crippen molar-refractivity contribution >= 4 is 41.7 Å². The van der Waals surface area contributed by atoms with Gasteiger partial charge >= 0.3 is 12.2 Å². The van der Waals surface area contributed by atoms with Crippen LogP contribution in [0, 0.1) is 0 Å². The van der Waals surface area contributed by atoms with Crippen molar-refractivity contribution in [3.8, 4) is 5.75 Å². The second kappa shape index (κ2) is 15.7. The van der Waals surface area contributed by atoms with E-state index in [1.807, 2.05) is 20.8 Å². The number of nitrogens with one attached hydrogen (secondary N) is 1. The van der Waals surface area contributed by atoms with E-state index in [0.717, 1.165) is 6.42 Å². The minimum atomic E-state index is -0.515. The number of anilines is 2. The molecule has 1 aromatic rings. The topological polar surface area (TPSA) is 97.4 Å². The predicted octanol–water partition coefficient (Wildman–Crippen LogP) is 5.32. The molecule has 0 aromatic heterocycles. The molecular weight excluding hydrogens is 470 g/mol. The summed E-state index contributed by atoms with van der Waals surface area (Å²) in [5.74, 6) is 0.438. The fourth-order valence-corrected chi connectivity index (χ4v) is 3.77. The molecule has 9 nitrogen and oxygen atoms in total. The zero-order valence-electron chi connectivity index (χ0n) is 21.5. The van der Waals surface area contributed by atoms with Crippen molar-refractivity contribution in [2.24, 2.45) is 0 Å². The maximum absolute atomic E-state index is 12.1. The molecule has 0 bridgehead atoms. The van der Waals surface area contributed by atoms with Crippen LogP contribution in [0.3, 0.4) is 0 Å². The van der Waals surface area contributed by atoms with E-state index in [4.69, 9.17) is 14.2 Å². The average Bonchev–Trinajstić information content (AvgIpc) is 3.48. The van der Waals surface area contributed by atoms with Gasteiger partial charge in [0.15, 0.2) is 0 Å². The second-order valence-electron chi connectivity index (χ2n) is 7.16. The molecule has 2 fully saturated rings. The van der Waals surface area contributed by atoms with Crippen LogP contribution in [0.5, 0.6) is 5.75 Å². The van der Waals surface area contributed by atoms with E-state index in [1.54, 1.807) is 30.0 Å². The number of hydrogen-bond acceptors (Lipinski definition) is 7. The molecular formula is C25H37N3O6S. The molecule has 35 heavy (non-hydrogen) atoms. The Balaban J connectivity index is 0.000000473. The van der Waals surface area contributed by atoms with Crippen LogP contribution in [0.4, 0.5) is 21.0 Å². The fourth-order valence-electron chi connectivity index (χ4n) is 3.05. The molecule has 1 aromatic carbocycles. The van der Waals surface area contributed by atoms with Crippen LogP contribution in [-0.4, -0.2) is 58.1 Å². The highest BCUT2D eigenvalue weighted by Gasteiger charge is 2.34. The average molecular weight is 508 g/mol. The van der Waals surface area contributed by atoms with Crippen molar-refractivity contribution in [2.75, 3.05) is 43.2 Å². The lowest BCUT2D eigenvalue weighted by molar-refractivity contribution is -0.109. The van der Waals surface area contributed by atoms with Crippen LogP contribution in [0.1, 0.15) is 41.0 Å². The quantitative estimate of drug-likeness (QED) is 0.452. The van der Waals surface area contributed by atoms with Crippen molar-refractivity contribution in [3.63, 3.8) is 0 Å². The van der Waals surface area contributed by atoms with Crippen LogP contribution in [-0.2, 0) is 14.3 Å². The molecule has 1 atom stereocenters. The van der Waals surface area contributed by atoms with Crippen molar-refractivity contribution in [2.45, 2.75) is 47.1 Å². The van der Waals surface area contributed by atoms with Crippen molar-refractivity contribution in [1.29, 1.82) is 0 Å². The maximum Gasteiger partial charge on any atom is 0.414 e. The zero-order valence-corrected chi connectivity index (χ0v) is 22.3. The normalized spacial score (nSPS) is 16.9. The Morgan fingerprint density at radius 3 is 2.54 bits per heavy atom. The van der Waals surface area contributed by atoms with E-state index in [0.29, 0.717) is 43.2 Å². The molecule has 10 heteroatoms. The Labute approximate surface area is 212 Å². The molecule has 1 N–H and O–H groups in total. The monoisotopic (exact) mass is 507 g/mol. The van der Waals surface area contributed by atoms with Crippen LogP contribution >= 0.6 is 11.8 Å². The van der Waals surface area contributed by atoms with Gasteiger partial charge < -0.3 is 19.5 Å². The third-order valence-electron chi connectivity index (χ3n) is 4.94. The van der Waals surface area contributed by atoms with Gasteiger partial charge in [-0.1, -0.05) is 33.4 Å². The Hall–Kier alpha value is -3.14. The van der Waals surface area contributed by atoms with E-state index in [2.05, 4.69) is 31.8 Å². The number of methoxy groups -OCH3 is 1. The number of hydrogen-bond donors (Lipinski definition) is 1. The van der Waals surface area contributed by atoms with Gasteiger partial charge in [-0.3, -0.25) is 14.6 Å². The van der Waals surface area contributed by atoms with Gasteiger partial charge in [-0.05, 0) is 42.2 Å². The Kier molecular flexibility index (Phi) is 13.4. The van der Waals surface area contributed by atoms with Gasteiger partial charge in [-0.2, -0.15) is 0 Å². The number of rotatable bonds is 9. The summed E-state index contributed by atoms with van der Waals surface area (Å²) < 4.78 is 15.5. The lowest BCUT2D eigenvalue weighted by Gasteiger charge is -2.20. The highest BCUT2D eigenvalue weighted by Crippen LogP contribution is 2.35. The van der Waals surface area contributed by atoms with Crippen LogP contribution in [0.25, 0.3) is 0 Å². The molecule has 3 rings (SSSR count). The first kappa shape index (κ1) is 29.9. The molecule has 0 radical (unpaired) electrons. The predicted molar refractivity (Wildman–Crippen MR) is 141 cm³/mol. The lowest BCUT2D eigenvalue weighted by Crippen LogP contribution is -2.30. The van der Waals surface area contributed by atoms with Crippen LogP contribution in [0.15, 0.2) is 40.7 Å². The largest absolute Gasteiger partial charge is 0.494 e. The summed E-state index contributed by atoms with van der Waals surface area (Å²) in [6.45, 7) is 15.5. The third-order valence-corrected chi connectivity index (χ3v) is 6.07. The van der Waals surface area contributed by atoms with Gasteiger partial charge in [-0.25, -0.2) is 9.59 Å². The Morgan fingerprint density at radius 2 is 2.00 bits per heavy atom. The Morgan fingerprint density at radius 1 is 1.29 bits per heavy atom. The summed E-state index contributed by atoms with van der Waals surface area (Å²) in [6, 6.07) is 5.08. The smallest absolute Gasteiger partial charge is 0.414 e. The van der Waals surface area contributed by atoms with Gasteiger partial charge in [-0.15, -0.1) is 11.8 Å². The molecule has 2 heterocycles. The number of ether oxygens (including phenoxy) is 3. The zero-order chi connectivity index (χ0) is 26.4. The van der Waals surface area contributed by atoms with Crippen LogP contribution < -0.4 is 19.9 Å². The number of allylic oxidation sites excluding steroid dienone is 3. The SMILES string of the molecule is C=C(CC)S/C(C)=C\C.CC.COc1cc(N2CCOC2=O)ccc1N1CC(CNC=O)OC1=O. The summed E-state index contributed by atoms with van der Waals surface area (Å²) in [7, 11) is 1.48. The van der Waals surface area contributed by atoms with E-state index < -0.39 is 18.3 Å². The fraction of sp³-hybridized carbons (Fsp3) is 0.480. The summed E-state index contributed by atoms with van der Waals surface area (Å²) in [5.41, 5.74) is 1.16. The van der Waals surface area contributed by atoms with Gasteiger partial charge in [0.1, 0.15) is 18.5 Å². The highest BCUT2D eigenvalue weighted by atomic mass is 32.2. The molecule has 2 saturated heterocycles. The summed E-state index contributed by atoms with van der Waals surface area (Å²) in [6.07, 6.45) is 2.37. The highest BCUT2D eigenvalue weighted by molar-refractivity contribution is 8.06. The summed E-state index contributed by atoms with van der Waals surface area (Å²) in [5, 5.41) is 2.49. The van der Waals surface area contributed by atoms with Gasteiger partial charge in [0.2, 0.25) is 6.41 Å². The standard InChI is InChI=1S/C15H17N3O6.C8H14S.C2H6/c1-22-13-6-10(17-4-5-23-14(17)20)2-3-12(13)18-8-11(7-16-9-19)24-15(18)21;1-5-7(3)9-8(4)6-2;1-2/h2-3,6,9,11H,4-5,7-8H2,1H3,(H,16,19);6H,3,5H2,1-2,4H3;1-2H3/b;8-6-;. The third kappa shape index (κ3) is 8.86. The van der Waals surface area contributed by atoms with E-state index >= 15 is 0 Å². The molecule has 194 valence electrons. The number of thioether (sulfide) groups is 1. The van der Waals surface area contributed by atoms with Gasteiger partial charge in [0.25, 0.3) is 0 Å². The van der Waals surface area contributed by atoms with Crippen LogP contribution in [0.2, 0.25) is 0 Å². The number of nitrogens with zero attached hydrogens (tertiary/aromatic N) is 2. The maximum atomic E-state index is 12.1. The van der Waals surface area contributed by atoms with Crippen molar-refractivity contribution < 1.29 is 28.6 Å². The minimum absolute atomic E-state index is 0.242. The molecule has 0 saturated carbocycles. The first-order valence-corrected chi connectivity index (χ1v) is 12.4. The number of carbonyl (C=O) groups is 3. The number of benzene rings is 1. The first-order chi connectivity index (χ1) is 16.8. The van der Waals surface area contributed by atoms with E-state index in [1.165, 1.54) is 26.7 Å². The van der Waals surface area contributed by atoms with E-state index in [-0.39, 0.29) is 6.54 Å². The van der Waals surface area contributed by atoms with Crippen molar-refractivity contribution in [3.05, 3.63) is 40.7 Å². The van der Waals surface area contributed by atoms with Gasteiger partial charge in [0.05, 0.1) is 38.1 Å². The van der Waals surface area contributed by atoms with E-state index in [9.17, 15) is 14.4 Å². The minimum Gasteiger partial charge on any atom is -0.494 e. The molecule has 0 spiro atoms. The number of amides is 3. The molecule has 0 aliphatic carbocycles. The second-order valence-corrected chi connectivity index (χ2v) is 8.58. The summed E-state index contributed by atoms with van der Waals surface area (Å²) in [4.78, 5) is 39.6. The molecule has 2 aliphatic heterocycles.